The van der Waals surface area contributed by atoms with Crippen LogP contribution in [0.5, 0.6) is 0 Å². The number of rotatable bonds is 5. The first-order chi connectivity index (χ1) is 14.1. The highest BCUT2D eigenvalue weighted by molar-refractivity contribution is 7.99. The summed E-state index contributed by atoms with van der Waals surface area (Å²) in [6.45, 7) is 5.58. The van der Waals surface area contributed by atoms with Crippen LogP contribution < -0.4 is 0 Å². The molecule has 0 radical (unpaired) electrons. The number of carbonyl (C=O) groups is 1. The van der Waals surface area contributed by atoms with Crippen LogP contribution in [-0.4, -0.2) is 38.3 Å². The maximum atomic E-state index is 14.3. The Labute approximate surface area is 177 Å². The first kappa shape index (κ1) is 21.8. The second kappa shape index (κ2) is 8.83. The summed E-state index contributed by atoms with van der Waals surface area (Å²) >= 11 is 1.21. The molecule has 3 rings (SSSR count). The van der Waals surface area contributed by atoms with Crippen molar-refractivity contribution in [1.29, 1.82) is 0 Å². The molecule has 0 aliphatic rings. The number of halogens is 2. The summed E-state index contributed by atoms with van der Waals surface area (Å²) in [6.07, 6.45) is 0.844. The second-order valence-electron chi connectivity index (χ2n) is 7.54. The number of nitrogens with zero attached hydrogens (tertiary/aromatic N) is 4. The van der Waals surface area contributed by atoms with Crippen molar-refractivity contribution in [1.82, 2.24) is 19.7 Å². The Morgan fingerprint density at radius 3 is 2.63 bits per heavy atom. The smallest absolute Gasteiger partial charge is 0.410 e. The van der Waals surface area contributed by atoms with Crippen LogP contribution in [0.25, 0.3) is 5.69 Å². The lowest BCUT2D eigenvalue weighted by atomic mass is 10.1. The minimum absolute atomic E-state index is 0.0924. The van der Waals surface area contributed by atoms with E-state index in [-0.39, 0.29) is 18.1 Å². The lowest BCUT2D eigenvalue weighted by molar-refractivity contribution is 0.0749. The molecule has 1 aromatic carbocycles. The number of amides is 1. The molecule has 0 atom stereocenters. The number of ether oxygens (including phenoxy) is 1. The Balaban J connectivity index is 1.88. The molecule has 0 N–H and O–H groups in total. The third-order valence-electron chi connectivity index (χ3n) is 4.34. The predicted octanol–water partition coefficient (Wildman–Crippen LogP) is 5.06. The van der Waals surface area contributed by atoms with Crippen molar-refractivity contribution in [3.63, 3.8) is 0 Å². The van der Waals surface area contributed by atoms with Gasteiger partial charge in [0.1, 0.15) is 28.8 Å². The van der Waals surface area contributed by atoms with Gasteiger partial charge < -0.3 is 9.64 Å². The molecule has 158 valence electrons. The van der Waals surface area contributed by atoms with Crippen LogP contribution in [0, 0.1) is 11.8 Å². The number of benzene rings is 1. The van der Waals surface area contributed by atoms with Gasteiger partial charge in [-0.05, 0) is 57.2 Å². The van der Waals surface area contributed by atoms with Crippen LogP contribution in [0.1, 0.15) is 26.5 Å². The zero-order valence-electron chi connectivity index (χ0n) is 17.1. The normalized spacial score (nSPS) is 11.4. The molecular weight excluding hydrogens is 410 g/mol. The van der Waals surface area contributed by atoms with Crippen LogP contribution in [0.4, 0.5) is 13.6 Å². The largest absolute Gasteiger partial charge is 0.443 e. The summed E-state index contributed by atoms with van der Waals surface area (Å²) in [7, 11) is 1.65. The Morgan fingerprint density at radius 2 is 1.97 bits per heavy atom. The van der Waals surface area contributed by atoms with Gasteiger partial charge >= 0.3 is 6.09 Å². The summed E-state index contributed by atoms with van der Waals surface area (Å²) < 4.78 is 34.6. The average molecular weight is 432 g/mol. The number of hydrogen-bond donors (Lipinski definition) is 0. The molecule has 0 aliphatic carbocycles. The third kappa shape index (κ3) is 5.15. The Kier molecular flexibility index (Phi) is 6.40. The fraction of sp³-hybridized carbons (Fsp3) is 0.286. The second-order valence-corrected chi connectivity index (χ2v) is 8.64. The Bertz CT molecular complexity index is 1050. The van der Waals surface area contributed by atoms with Gasteiger partial charge in [0.2, 0.25) is 5.95 Å². The summed E-state index contributed by atoms with van der Waals surface area (Å²) in [6, 6.07) is 10.9. The van der Waals surface area contributed by atoms with Gasteiger partial charge in [0.15, 0.2) is 0 Å². The lowest BCUT2D eigenvalue weighted by Gasteiger charge is -2.30. The quantitative estimate of drug-likeness (QED) is 0.527. The van der Waals surface area contributed by atoms with Crippen LogP contribution >= 0.6 is 11.8 Å². The molecule has 2 heterocycles. The molecule has 0 saturated heterocycles. The van der Waals surface area contributed by atoms with E-state index >= 15 is 0 Å². The highest BCUT2D eigenvalue weighted by atomic mass is 32.2. The Hall–Kier alpha value is -2.94. The molecule has 0 saturated carbocycles. The van der Waals surface area contributed by atoms with E-state index in [0.717, 1.165) is 0 Å². The van der Waals surface area contributed by atoms with E-state index in [0.29, 0.717) is 15.6 Å². The molecule has 2 aromatic heterocycles. The van der Waals surface area contributed by atoms with E-state index in [1.807, 2.05) is 20.8 Å². The third-order valence-corrected chi connectivity index (χ3v) is 5.33. The van der Waals surface area contributed by atoms with Gasteiger partial charge in [0.05, 0.1) is 0 Å². The van der Waals surface area contributed by atoms with E-state index in [1.165, 1.54) is 45.7 Å². The first-order valence-corrected chi connectivity index (χ1v) is 10.0. The van der Waals surface area contributed by atoms with Gasteiger partial charge in [-0.15, -0.1) is 0 Å². The van der Waals surface area contributed by atoms with Crippen molar-refractivity contribution in [3.05, 3.63) is 66.1 Å². The van der Waals surface area contributed by atoms with E-state index in [2.05, 4.69) is 10.1 Å². The van der Waals surface area contributed by atoms with Crippen molar-refractivity contribution in [2.45, 2.75) is 42.8 Å². The van der Waals surface area contributed by atoms with E-state index in [4.69, 9.17) is 4.74 Å². The number of hydrogen-bond acceptors (Lipinski definition) is 5. The molecule has 6 nitrogen and oxygen atoms in total. The van der Waals surface area contributed by atoms with E-state index in [9.17, 15) is 13.6 Å². The number of aromatic nitrogens is 3. The van der Waals surface area contributed by atoms with Gasteiger partial charge in [-0.2, -0.15) is 9.49 Å². The first-order valence-electron chi connectivity index (χ1n) is 9.19. The molecule has 0 bridgehead atoms. The SMILES string of the molecule is CN(C(=O)OCc1cc(Sc2cccc(F)c2)n(-c2cccnc2F)n1)C(C)(C)C. The number of pyridine rings is 1. The van der Waals surface area contributed by atoms with Crippen molar-refractivity contribution in [3.8, 4) is 5.69 Å². The molecular formula is C21H22F2N4O2S. The zero-order valence-corrected chi connectivity index (χ0v) is 17.9. The molecule has 0 spiro atoms. The molecule has 0 aliphatic heterocycles. The average Bonchev–Trinajstić information content (AvgIpc) is 3.07. The highest BCUT2D eigenvalue weighted by Crippen LogP contribution is 2.31. The summed E-state index contributed by atoms with van der Waals surface area (Å²) in [5, 5.41) is 4.91. The van der Waals surface area contributed by atoms with Crippen LogP contribution in [0.2, 0.25) is 0 Å². The fourth-order valence-corrected chi connectivity index (χ4v) is 3.40. The maximum Gasteiger partial charge on any atom is 0.410 e. The summed E-state index contributed by atoms with van der Waals surface area (Å²) in [5.41, 5.74) is 0.168. The van der Waals surface area contributed by atoms with Crippen molar-refractivity contribution < 1.29 is 18.3 Å². The van der Waals surface area contributed by atoms with Crippen LogP contribution in [0.15, 0.2) is 58.6 Å². The molecule has 3 aromatic rings. The predicted molar refractivity (Wildman–Crippen MR) is 110 cm³/mol. The van der Waals surface area contributed by atoms with Crippen molar-refractivity contribution in [2.75, 3.05) is 7.05 Å². The molecule has 1 amide bonds. The lowest BCUT2D eigenvalue weighted by Crippen LogP contribution is -2.42. The summed E-state index contributed by atoms with van der Waals surface area (Å²) in [5.74, 6) is -1.07. The monoisotopic (exact) mass is 432 g/mol. The van der Waals surface area contributed by atoms with E-state index in [1.54, 1.807) is 31.3 Å². The minimum Gasteiger partial charge on any atom is -0.443 e. The molecule has 0 fully saturated rings. The van der Waals surface area contributed by atoms with Gasteiger partial charge in [0, 0.05) is 23.7 Å². The summed E-state index contributed by atoms with van der Waals surface area (Å²) in [4.78, 5) is 18.0. The Morgan fingerprint density at radius 1 is 1.20 bits per heavy atom. The van der Waals surface area contributed by atoms with Gasteiger partial charge in [-0.1, -0.05) is 17.8 Å². The minimum atomic E-state index is -0.697. The highest BCUT2D eigenvalue weighted by Gasteiger charge is 2.24. The number of carbonyl (C=O) groups excluding carboxylic acids is 1. The van der Waals surface area contributed by atoms with Gasteiger partial charge in [0.25, 0.3) is 0 Å². The van der Waals surface area contributed by atoms with Gasteiger partial charge in [-0.25, -0.2) is 18.9 Å². The van der Waals surface area contributed by atoms with Crippen LogP contribution in [-0.2, 0) is 11.3 Å². The van der Waals surface area contributed by atoms with E-state index < -0.39 is 17.6 Å². The standard InChI is InChI=1S/C21H22F2N4O2S/c1-21(2,3)26(4)20(28)29-13-15-12-18(30-16-8-5-7-14(22)11-16)27(25-15)17-9-6-10-24-19(17)23/h5-12H,13H2,1-4H3. The molecule has 0 unspecified atom stereocenters. The van der Waals surface area contributed by atoms with Gasteiger partial charge in [-0.3, -0.25) is 0 Å². The molecule has 30 heavy (non-hydrogen) atoms. The molecule has 9 heteroatoms. The topological polar surface area (TPSA) is 60.2 Å². The van der Waals surface area contributed by atoms with Crippen molar-refractivity contribution in [2.24, 2.45) is 0 Å². The maximum absolute atomic E-state index is 14.3. The van der Waals surface area contributed by atoms with Crippen LogP contribution in [0.3, 0.4) is 0 Å². The zero-order chi connectivity index (χ0) is 21.9. The van der Waals surface area contributed by atoms with Crippen molar-refractivity contribution >= 4 is 17.9 Å². The fourth-order valence-electron chi connectivity index (χ4n) is 2.42.